The molecule has 2 nitrogen and oxygen atoms in total. The Balaban J connectivity index is 1.59. The average Bonchev–Trinajstić information content (AvgIpc) is 2.85. The highest BCUT2D eigenvalue weighted by atomic mass is 16.7. The van der Waals surface area contributed by atoms with E-state index in [-0.39, 0.29) is 6.29 Å². The molecule has 1 aromatic rings. The minimum Gasteiger partial charge on any atom is -0.353 e. The van der Waals surface area contributed by atoms with Crippen molar-refractivity contribution in [2.75, 3.05) is 6.61 Å². The van der Waals surface area contributed by atoms with Crippen LogP contribution in [0.3, 0.4) is 0 Å². The number of allylic oxidation sites excluding steroid dienone is 1. The summed E-state index contributed by atoms with van der Waals surface area (Å²) in [5, 5.41) is 0. The zero-order valence-corrected chi connectivity index (χ0v) is 10.0. The lowest BCUT2D eigenvalue weighted by Crippen LogP contribution is -2.22. The van der Waals surface area contributed by atoms with Crippen molar-refractivity contribution in [3.8, 4) is 0 Å². The van der Waals surface area contributed by atoms with Crippen LogP contribution in [0.15, 0.2) is 24.3 Å². The fraction of sp³-hybridized carbons (Fsp3) is 0.467. The lowest BCUT2D eigenvalue weighted by molar-refractivity contribution is -0.168. The van der Waals surface area contributed by atoms with Crippen LogP contribution in [0.25, 0.3) is 6.08 Å². The second-order valence-corrected chi connectivity index (χ2v) is 4.75. The average molecular weight is 230 g/mol. The third kappa shape index (κ3) is 2.59. The lowest BCUT2D eigenvalue weighted by Gasteiger charge is -2.22. The minimum absolute atomic E-state index is 0.00699. The fourth-order valence-corrected chi connectivity index (χ4v) is 2.42. The van der Waals surface area contributed by atoms with E-state index in [2.05, 4.69) is 30.4 Å². The van der Waals surface area contributed by atoms with Crippen molar-refractivity contribution >= 4 is 6.08 Å². The summed E-state index contributed by atoms with van der Waals surface area (Å²) in [6, 6.07) is 6.59. The van der Waals surface area contributed by atoms with Crippen LogP contribution in [0.5, 0.6) is 0 Å². The molecule has 0 radical (unpaired) electrons. The molecule has 1 unspecified atom stereocenters. The topological polar surface area (TPSA) is 18.5 Å². The maximum atomic E-state index is 5.78. The van der Waals surface area contributed by atoms with E-state index in [0.717, 1.165) is 19.4 Å². The third-order valence-electron chi connectivity index (χ3n) is 3.42. The highest BCUT2D eigenvalue weighted by Gasteiger charge is 2.14. The number of benzene rings is 1. The SMILES string of the molecule is C1=Cc2cc(COC3CCCCO3)ccc2C1. The van der Waals surface area contributed by atoms with E-state index in [0.29, 0.717) is 6.61 Å². The van der Waals surface area contributed by atoms with Crippen molar-refractivity contribution in [3.63, 3.8) is 0 Å². The Kier molecular flexibility index (Phi) is 3.25. The summed E-state index contributed by atoms with van der Waals surface area (Å²) in [5.41, 5.74) is 4.00. The molecule has 0 aromatic heterocycles. The molecule has 1 aliphatic carbocycles. The summed E-state index contributed by atoms with van der Waals surface area (Å²) in [4.78, 5) is 0. The Bertz CT molecular complexity index is 417. The first-order chi connectivity index (χ1) is 8.42. The Hall–Kier alpha value is -1.12. The quantitative estimate of drug-likeness (QED) is 0.793. The van der Waals surface area contributed by atoms with Crippen molar-refractivity contribution in [3.05, 3.63) is 41.0 Å². The van der Waals surface area contributed by atoms with E-state index in [9.17, 15) is 0 Å². The van der Waals surface area contributed by atoms with Gasteiger partial charge in [0.25, 0.3) is 0 Å². The first kappa shape index (κ1) is 11.0. The van der Waals surface area contributed by atoms with Gasteiger partial charge in [-0.3, -0.25) is 0 Å². The fourth-order valence-electron chi connectivity index (χ4n) is 2.42. The predicted molar refractivity (Wildman–Crippen MR) is 67.6 cm³/mol. The molecule has 1 heterocycles. The standard InChI is InChI=1S/C15H18O2/c1-2-9-16-15(6-1)17-11-12-7-8-13-4-3-5-14(13)10-12/h3,5,7-8,10,15H,1-2,4,6,9,11H2. The van der Waals surface area contributed by atoms with Crippen LogP contribution < -0.4 is 0 Å². The van der Waals surface area contributed by atoms with Gasteiger partial charge >= 0.3 is 0 Å². The van der Waals surface area contributed by atoms with E-state index in [4.69, 9.17) is 9.47 Å². The Morgan fingerprint density at radius 3 is 3.18 bits per heavy atom. The van der Waals surface area contributed by atoms with Gasteiger partial charge in [0.2, 0.25) is 0 Å². The molecule has 1 atom stereocenters. The Labute approximate surface area is 102 Å². The summed E-state index contributed by atoms with van der Waals surface area (Å²) in [7, 11) is 0. The zero-order valence-electron chi connectivity index (χ0n) is 10.0. The second-order valence-electron chi connectivity index (χ2n) is 4.75. The molecule has 0 amide bonds. The second kappa shape index (κ2) is 5.03. The monoisotopic (exact) mass is 230 g/mol. The highest BCUT2D eigenvalue weighted by Crippen LogP contribution is 2.22. The molecule has 1 aliphatic heterocycles. The van der Waals surface area contributed by atoms with Gasteiger partial charge in [-0.1, -0.05) is 24.3 Å². The third-order valence-corrected chi connectivity index (χ3v) is 3.42. The Morgan fingerprint density at radius 2 is 2.29 bits per heavy atom. The van der Waals surface area contributed by atoms with Crippen LogP contribution in [0.1, 0.15) is 36.0 Å². The summed E-state index contributed by atoms with van der Waals surface area (Å²) in [6.07, 6.45) is 8.90. The van der Waals surface area contributed by atoms with Crippen LogP contribution in [-0.4, -0.2) is 12.9 Å². The minimum atomic E-state index is 0.00699. The lowest BCUT2D eigenvalue weighted by atomic mass is 10.1. The van der Waals surface area contributed by atoms with E-state index in [1.54, 1.807) is 0 Å². The molecule has 1 fully saturated rings. The zero-order chi connectivity index (χ0) is 11.5. The van der Waals surface area contributed by atoms with Gasteiger partial charge in [0.15, 0.2) is 6.29 Å². The molecule has 0 N–H and O–H groups in total. The van der Waals surface area contributed by atoms with E-state index in [1.807, 2.05) is 0 Å². The van der Waals surface area contributed by atoms with Crippen molar-refractivity contribution in [1.82, 2.24) is 0 Å². The van der Waals surface area contributed by atoms with Crippen LogP contribution in [0, 0.1) is 0 Å². The van der Waals surface area contributed by atoms with Gasteiger partial charge in [-0.15, -0.1) is 0 Å². The summed E-state index contributed by atoms with van der Waals surface area (Å²) >= 11 is 0. The molecule has 1 saturated heterocycles. The molecular weight excluding hydrogens is 212 g/mol. The van der Waals surface area contributed by atoms with Crippen molar-refractivity contribution in [2.45, 2.75) is 38.6 Å². The summed E-state index contributed by atoms with van der Waals surface area (Å²) in [5.74, 6) is 0. The van der Waals surface area contributed by atoms with Gasteiger partial charge < -0.3 is 9.47 Å². The van der Waals surface area contributed by atoms with E-state index >= 15 is 0 Å². The molecule has 0 saturated carbocycles. The van der Waals surface area contributed by atoms with E-state index in [1.165, 1.54) is 29.5 Å². The number of fused-ring (bicyclic) bond motifs is 1. The van der Waals surface area contributed by atoms with Crippen LogP contribution in [-0.2, 0) is 22.5 Å². The predicted octanol–water partition coefficient (Wildman–Crippen LogP) is 3.30. The van der Waals surface area contributed by atoms with Gasteiger partial charge in [0.05, 0.1) is 6.61 Å². The van der Waals surface area contributed by atoms with Gasteiger partial charge in [0, 0.05) is 6.61 Å². The van der Waals surface area contributed by atoms with Crippen LogP contribution in [0.2, 0.25) is 0 Å². The summed E-state index contributed by atoms with van der Waals surface area (Å²) in [6.45, 7) is 1.50. The van der Waals surface area contributed by atoms with Gasteiger partial charge in [0.1, 0.15) is 0 Å². The normalized spacial score (nSPS) is 22.7. The van der Waals surface area contributed by atoms with Crippen LogP contribution in [0.4, 0.5) is 0 Å². The maximum Gasteiger partial charge on any atom is 0.158 e. The first-order valence-corrected chi connectivity index (χ1v) is 6.43. The van der Waals surface area contributed by atoms with Crippen molar-refractivity contribution in [2.24, 2.45) is 0 Å². The van der Waals surface area contributed by atoms with E-state index < -0.39 is 0 Å². The molecule has 1 aromatic carbocycles. The first-order valence-electron chi connectivity index (χ1n) is 6.43. The summed E-state index contributed by atoms with van der Waals surface area (Å²) < 4.78 is 11.3. The van der Waals surface area contributed by atoms with Gasteiger partial charge in [-0.25, -0.2) is 0 Å². The molecule has 2 heteroatoms. The number of ether oxygens (including phenoxy) is 2. The highest BCUT2D eigenvalue weighted by molar-refractivity contribution is 5.60. The van der Waals surface area contributed by atoms with Gasteiger partial charge in [-0.2, -0.15) is 0 Å². The van der Waals surface area contributed by atoms with Crippen molar-refractivity contribution in [1.29, 1.82) is 0 Å². The molecule has 0 bridgehead atoms. The molecule has 17 heavy (non-hydrogen) atoms. The number of rotatable bonds is 3. The number of hydrogen-bond acceptors (Lipinski definition) is 2. The molecule has 0 spiro atoms. The molecular formula is C15H18O2. The smallest absolute Gasteiger partial charge is 0.158 e. The Morgan fingerprint density at radius 1 is 1.29 bits per heavy atom. The molecule has 3 rings (SSSR count). The maximum absolute atomic E-state index is 5.78. The largest absolute Gasteiger partial charge is 0.353 e. The van der Waals surface area contributed by atoms with Crippen LogP contribution >= 0.6 is 0 Å². The number of hydrogen-bond donors (Lipinski definition) is 0. The van der Waals surface area contributed by atoms with Gasteiger partial charge in [-0.05, 0) is 48.4 Å². The molecule has 90 valence electrons. The molecule has 2 aliphatic rings. The van der Waals surface area contributed by atoms with Crippen molar-refractivity contribution < 1.29 is 9.47 Å².